The van der Waals surface area contributed by atoms with E-state index in [-0.39, 0.29) is 6.54 Å². The predicted octanol–water partition coefficient (Wildman–Crippen LogP) is 2.30. The van der Waals surface area contributed by atoms with E-state index in [1.165, 1.54) is 11.3 Å². The van der Waals surface area contributed by atoms with Crippen LogP contribution in [-0.2, 0) is 11.3 Å². The maximum absolute atomic E-state index is 11.6. The fraction of sp³-hybridized carbons (Fsp3) is 0.429. The Morgan fingerprint density at radius 2 is 2.14 bits per heavy atom. The molecular formula is C14H18N2O4S. The molecule has 0 fully saturated rings. The van der Waals surface area contributed by atoms with E-state index in [9.17, 15) is 4.79 Å². The molecule has 0 aliphatic rings. The molecule has 0 spiro atoms. The average molecular weight is 310 g/mol. The van der Waals surface area contributed by atoms with Crippen LogP contribution in [0.4, 0.5) is 4.79 Å². The molecule has 2 aromatic rings. The van der Waals surface area contributed by atoms with E-state index in [2.05, 4.69) is 10.3 Å². The number of hydrogen-bond donors (Lipinski definition) is 3. The molecule has 21 heavy (non-hydrogen) atoms. The number of amides is 1. The number of hydrogen-bond acceptors (Lipinski definition) is 6. The van der Waals surface area contributed by atoms with Crippen molar-refractivity contribution in [2.24, 2.45) is 0 Å². The van der Waals surface area contributed by atoms with Crippen LogP contribution in [0.1, 0.15) is 37.6 Å². The number of rotatable bonds is 3. The van der Waals surface area contributed by atoms with E-state index < -0.39 is 18.0 Å². The zero-order valence-corrected chi connectivity index (χ0v) is 12.9. The SMILES string of the molecule is CC(C)(C)OC(=O)NCc1nc2ccc(C(O)O)cc2s1. The number of carbonyl (C=O) groups excluding carboxylic acids is 1. The fourth-order valence-electron chi connectivity index (χ4n) is 1.69. The highest BCUT2D eigenvalue weighted by atomic mass is 32.1. The van der Waals surface area contributed by atoms with Gasteiger partial charge in [-0.3, -0.25) is 0 Å². The van der Waals surface area contributed by atoms with Gasteiger partial charge in [0.25, 0.3) is 0 Å². The van der Waals surface area contributed by atoms with Crippen molar-refractivity contribution in [2.75, 3.05) is 0 Å². The van der Waals surface area contributed by atoms with E-state index in [1.54, 1.807) is 39.0 Å². The third kappa shape index (κ3) is 4.38. The highest BCUT2D eigenvalue weighted by Gasteiger charge is 2.16. The molecule has 7 heteroatoms. The number of carbonyl (C=O) groups is 1. The van der Waals surface area contributed by atoms with Crippen molar-refractivity contribution in [1.29, 1.82) is 0 Å². The second kappa shape index (κ2) is 5.97. The Hall–Kier alpha value is -1.70. The fourth-order valence-corrected chi connectivity index (χ4v) is 2.64. The highest BCUT2D eigenvalue weighted by molar-refractivity contribution is 7.18. The topological polar surface area (TPSA) is 91.7 Å². The lowest BCUT2D eigenvalue weighted by Crippen LogP contribution is -2.32. The van der Waals surface area contributed by atoms with E-state index in [4.69, 9.17) is 14.9 Å². The smallest absolute Gasteiger partial charge is 0.408 e. The van der Waals surface area contributed by atoms with Crippen LogP contribution in [0, 0.1) is 0 Å². The molecule has 0 radical (unpaired) electrons. The first kappa shape index (κ1) is 15.7. The van der Waals surface area contributed by atoms with Gasteiger partial charge in [0.15, 0.2) is 6.29 Å². The van der Waals surface area contributed by atoms with E-state index in [0.717, 1.165) is 15.2 Å². The number of thiazole rings is 1. The van der Waals surface area contributed by atoms with Gasteiger partial charge in [-0.1, -0.05) is 6.07 Å². The maximum Gasteiger partial charge on any atom is 0.408 e. The van der Waals surface area contributed by atoms with Crippen LogP contribution in [0.3, 0.4) is 0 Å². The number of benzene rings is 1. The first-order valence-corrected chi connectivity index (χ1v) is 7.28. The summed E-state index contributed by atoms with van der Waals surface area (Å²) in [7, 11) is 0. The second-order valence-electron chi connectivity index (χ2n) is 5.56. The molecule has 1 heterocycles. The van der Waals surface area contributed by atoms with Crippen LogP contribution in [0.25, 0.3) is 10.2 Å². The lowest BCUT2D eigenvalue weighted by atomic mass is 10.2. The average Bonchev–Trinajstić information content (AvgIpc) is 2.75. The molecule has 1 amide bonds. The van der Waals surface area contributed by atoms with E-state index in [0.29, 0.717) is 5.56 Å². The molecule has 6 nitrogen and oxygen atoms in total. The second-order valence-corrected chi connectivity index (χ2v) is 6.68. The van der Waals surface area contributed by atoms with Gasteiger partial charge in [0.05, 0.1) is 16.8 Å². The van der Waals surface area contributed by atoms with Gasteiger partial charge in [-0.25, -0.2) is 9.78 Å². The number of alkyl carbamates (subject to hydrolysis) is 1. The van der Waals surface area contributed by atoms with Crippen LogP contribution in [-0.4, -0.2) is 26.9 Å². The molecule has 0 aliphatic heterocycles. The maximum atomic E-state index is 11.6. The summed E-state index contributed by atoms with van der Waals surface area (Å²) >= 11 is 1.39. The number of nitrogens with one attached hydrogen (secondary N) is 1. The van der Waals surface area contributed by atoms with Crippen molar-refractivity contribution in [3.8, 4) is 0 Å². The molecule has 114 valence electrons. The molecule has 0 bridgehead atoms. The van der Waals surface area contributed by atoms with Gasteiger partial charge in [0.1, 0.15) is 10.6 Å². The summed E-state index contributed by atoms with van der Waals surface area (Å²) in [6, 6.07) is 5.00. The standard InChI is InChI=1S/C14H18N2O4S/c1-14(2,3)20-13(19)15-7-11-16-9-5-4-8(12(17)18)6-10(9)21-11/h4-6,12,17-18H,7H2,1-3H3,(H,15,19). The first-order valence-electron chi connectivity index (χ1n) is 6.47. The van der Waals surface area contributed by atoms with Crippen molar-refractivity contribution in [3.63, 3.8) is 0 Å². The largest absolute Gasteiger partial charge is 0.444 e. The Morgan fingerprint density at radius 3 is 2.76 bits per heavy atom. The third-order valence-corrected chi connectivity index (χ3v) is 3.56. The van der Waals surface area contributed by atoms with Gasteiger partial charge < -0.3 is 20.3 Å². The quantitative estimate of drug-likeness (QED) is 0.757. The normalized spacial score (nSPS) is 11.9. The molecule has 1 aromatic carbocycles. The van der Waals surface area contributed by atoms with Gasteiger partial charge >= 0.3 is 6.09 Å². The molecule has 0 saturated carbocycles. The summed E-state index contributed by atoms with van der Waals surface area (Å²) in [5, 5.41) is 21.6. The van der Waals surface area contributed by atoms with E-state index in [1.807, 2.05) is 0 Å². The summed E-state index contributed by atoms with van der Waals surface area (Å²) in [6.45, 7) is 5.66. The minimum absolute atomic E-state index is 0.269. The van der Waals surface area contributed by atoms with Crippen LogP contribution >= 0.6 is 11.3 Å². The number of aliphatic hydroxyl groups excluding tert-OH is 1. The number of nitrogens with zero attached hydrogens (tertiary/aromatic N) is 1. The molecule has 1 aromatic heterocycles. The van der Waals surface area contributed by atoms with Crippen LogP contribution in [0.15, 0.2) is 18.2 Å². The van der Waals surface area contributed by atoms with Crippen LogP contribution in [0.2, 0.25) is 0 Å². The van der Waals surface area contributed by atoms with Crippen molar-refractivity contribution in [1.82, 2.24) is 10.3 Å². The molecule has 3 N–H and O–H groups in total. The molecule has 0 aliphatic carbocycles. The van der Waals surface area contributed by atoms with Gasteiger partial charge in [0, 0.05) is 5.56 Å². The lowest BCUT2D eigenvalue weighted by Gasteiger charge is -2.19. The van der Waals surface area contributed by atoms with Crippen molar-refractivity contribution in [3.05, 3.63) is 28.8 Å². The lowest BCUT2D eigenvalue weighted by molar-refractivity contribution is -0.0423. The van der Waals surface area contributed by atoms with Crippen molar-refractivity contribution in [2.45, 2.75) is 39.2 Å². The zero-order chi connectivity index (χ0) is 15.6. The van der Waals surface area contributed by atoms with Gasteiger partial charge in [0.2, 0.25) is 0 Å². The Kier molecular flexibility index (Phi) is 4.46. The van der Waals surface area contributed by atoms with E-state index >= 15 is 0 Å². The van der Waals surface area contributed by atoms with Gasteiger partial charge in [-0.2, -0.15) is 0 Å². The first-order chi connectivity index (χ1) is 9.74. The summed E-state index contributed by atoms with van der Waals surface area (Å²) in [5.74, 6) is 0. The molecule has 2 rings (SSSR count). The van der Waals surface area contributed by atoms with Crippen molar-refractivity contribution >= 4 is 27.6 Å². The monoisotopic (exact) mass is 310 g/mol. The molecular weight excluding hydrogens is 292 g/mol. The summed E-state index contributed by atoms with van der Waals surface area (Å²) < 4.78 is 5.98. The summed E-state index contributed by atoms with van der Waals surface area (Å²) in [6.07, 6.45) is -1.99. The summed E-state index contributed by atoms with van der Waals surface area (Å²) in [4.78, 5) is 15.9. The number of aliphatic hydroxyl groups is 2. The Balaban J connectivity index is 2.04. The highest BCUT2D eigenvalue weighted by Crippen LogP contribution is 2.25. The van der Waals surface area contributed by atoms with Crippen LogP contribution < -0.4 is 5.32 Å². The van der Waals surface area contributed by atoms with Crippen molar-refractivity contribution < 1.29 is 19.7 Å². The predicted molar refractivity (Wildman–Crippen MR) is 79.9 cm³/mol. The van der Waals surface area contributed by atoms with Crippen LogP contribution in [0.5, 0.6) is 0 Å². The Morgan fingerprint density at radius 1 is 1.43 bits per heavy atom. The Labute approximate surface area is 126 Å². The van der Waals surface area contributed by atoms with Gasteiger partial charge in [-0.15, -0.1) is 11.3 Å². The molecule has 0 unspecified atom stereocenters. The number of aromatic nitrogens is 1. The minimum Gasteiger partial charge on any atom is -0.444 e. The minimum atomic E-state index is -1.50. The number of ether oxygens (including phenoxy) is 1. The third-order valence-electron chi connectivity index (χ3n) is 2.54. The molecule has 0 saturated heterocycles. The summed E-state index contributed by atoms with van der Waals surface area (Å²) in [5.41, 5.74) is 0.632. The Bertz CT molecular complexity index is 646. The van der Waals surface area contributed by atoms with Gasteiger partial charge in [-0.05, 0) is 32.9 Å². The number of fused-ring (bicyclic) bond motifs is 1. The molecule has 0 atom stereocenters. The zero-order valence-electron chi connectivity index (χ0n) is 12.1.